The first kappa shape index (κ1) is 23.0. The standard InChI is InChI=1S/C26H26N4O4/c1-5-14-29-25(32)23-24(30(26(29)33)20-10-6-18(7-11-20)17(2)3)27-16-28(23)15-22(31)19-8-12-21(34-4)13-9-19/h5-13,16-17H,1,14-15H2,2-4H3. The molecule has 0 spiro atoms. The number of nitrogens with zero attached hydrogens (tertiary/aromatic N) is 4. The summed E-state index contributed by atoms with van der Waals surface area (Å²) in [4.78, 5) is 43.8. The maximum Gasteiger partial charge on any atom is 0.337 e. The van der Waals surface area contributed by atoms with Crippen LogP contribution < -0.4 is 16.0 Å². The van der Waals surface area contributed by atoms with Crippen LogP contribution in [0.25, 0.3) is 16.9 Å². The minimum absolute atomic E-state index is 0.0370. The Kier molecular flexibility index (Phi) is 6.32. The third-order valence-corrected chi connectivity index (χ3v) is 5.76. The van der Waals surface area contributed by atoms with Gasteiger partial charge in [-0.3, -0.25) is 14.2 Å². The fourth-order valence-electron chi connectivity index (χ4n) is 3.85. The van der Waals surface area contributed by atoms with E-state index in [-0.39, 0.29) is 30.0 Å². The first-order valence-corrected chi connectivity index (χ1v) is 10.9. The van der Waals surface area contributed by atoms with Crippen LogP contribution >= 0.6 is 0 Å². The number of rotatable bonds is 8. The molecular weight excluding hydrogens is 432 g/mol. The molecule has 0 unspecified atom stereocenters. The highest BCUT2D eigenvalue weighted by atomic mass is 16.5. The molecule has 0 bridgehead atoms. The van der Waals surface area contributed by atoms with Gasteiger partial charge in [0, 0.05) is 12.1 Å². The van der Waals surface area contributed by atoms with Crippen molar-refractivity contribution >= 4 is 16.9 Å². The van der Waals surface area contributed by atoms with Gasteiger partial charge in [0.25, 0.3) is 5.56 Å². The second kappa shape index (κ2) is 9.35. The van der Waals surface area contributed by atoms with Gasteiger partial charge in [-0.25, -0.2) is 14.3 Å². The van der Waals surface area contributed by atoms with Crippen LogP contribution in [0.5, 0.6) is 5.75 Å². The van der Waals surface area contributed by atoms with E-state index < -0.39 is 11.2 Å². The van der Waals surface area contributed by atoms with E-state index in [0.717, 1.165) is 10.1 Å². The Morgan fingerprint density at radius 2 is 1.76 bits per heavy atom. The number of ketones is 1. The molecule has 2 heterocycles. The van der Waals surface area contributed by atoms with Crippen molar-refractivity contribution in [3.8, 4) is 11.4 Å². The molecule has 8 nitrogen and oxygen atoms in total. The Morgan fingerprint density at radius 3 is 2.35 bits per heavy atom. The van der Waals surface area contributed by atoms with Gasteiger partial charge in [-0.15, -0.1) is 6.58 Å². The number of imidazole rings is 1. The van der Waals surface area contributed by atoms with Gasteiger partial charge in [-0.1, -0.05) is 32.1 Å². The SMILES string of the molecule is C=CCn1c(=O)c2c(ncn2CC(=O)c2ccc(OC)cc2)n(-c2ccc(C(C)C)cc2)c1=O. The number of fused-ring (bicyclic) bond motifs is 1. The van der Waals surface area contributed by atoms with Gasteiger partial charge in [-0.2, -0.15) is 0 Å². The summed E-state index contributed by atoms with van der Waals surface area (Å²) in [5, 5.41) is 0. The van der Waals surface area contributed by atoms with E-state index in [9.17, 15) is 14.4 Å². The average Bonchev–Trinajstić information content (AvgIpc) is 3.25. The largest absolute Gasteiger partial charge is 0.497 e. The molecule has 0 aliphatic heterocycles. The smallest absolute Gasteiger partial charge is 0.337 e. The number of carbonyl (C=O) groups is 1. The molecule has 34 heavy (non-hydrogen) atoms. The predicted octanol–water partition coefficient (Wildman–Crippen LogP) is 3.55. The summed E-state index contributed by atoms with van der Waals surface area (Å²) in [5.41, 5.74) is 1.54. The summed E-state index contributed by atoms with van der Waals surface area (Å²) in [5.74, 6) is 0.781. The van der Waals surface area contributed by atoms with Gasteiger partial charge in [0.15, 0.2) is 16.9 Å². The van der Waals surface area contributed by atoms with Crippen molar-refractivity contribution < 1.29 is 9.53 Å². The Morgan fingerprint density at radius 1 is 1.09 bits per heavy atom. The minimum atomic E-state index is -0.519. The first-order valence-electron chi connectivity index (χ1n) is 10.9. The van der Waals surface area contributed by atoms with E-state index in [4.69, 9.17) is 4.74 Å². The van der Waals surface area contributed by atoms with E-state index in [1.807, 2.05) is 24.3 Å². The Balaban J connectivity index is 1.85. The third-order valence-electron chi connectivity index (χ3n) is 5.76. The molecule has 0 fully saturated rings. The van der Waals surface area contributed by atoms with E-state index >= 15 is 0 Å². The second-order valence-electron chi connectivity index (χ2n) is 8.27. The van der Waals surface area contributed by atoms with Crippen molar-refractivity contribution in [2.45, 2.75) is 32.9 Å². The molecule has 0 aliphatic rings. The fourth-order valence-corrected chi connectivity index (χ4v) is 3.85. The molecule has 0 saturated carbocycles. The van der Waals surface area contributed by atoms with Gasteiger partial charge in [-0.05, 0) is 47.9 Å². The highest BCUT2D eigenvalue weighted by molar-refractivity contribution is 5.96. The molecule has 0 aliphatic carbocycles. The number of hydrogen-bond donors (Lipinski definition) is 0. The van der Waals surface area contributed by atoms with Crippen molar-refractivity contribution in [3.05, 3.63) is 99.5 Å². The lowest BCUT2D eigenvalue weighted by molar-refractivity contribution is 0.0973. The van der Waals surface area contributed by atoms with Crippen LogP contribution in [0.1, 0.15) is 35.7 Å². The third kappa shape index (κ3) is 4.10. The highest BCUT2D eigenvalue weighted by Gasteiger charge is 2.20. The number of hydrogen-bond acceptors (Lipinski definition) is 5. The molecular formula is C26H26N4O4. The highest BCUT2D eigenvalue weighted by Crippen LogP contribution is 2.19. The second-order valence-corrected chi connectivity index (χ2v) is 8.27. The van der Waals surface area contributed by atoms with E-state index in [1.54, 1.807) is 31.4 Å². The molecule has 0 atom stereocenters. The summed E-state index contributed by atoms with van der Waals surface area (Å²) in [7, 11) is 1.55. The van der Waals surface area contributed by atoms with Gasteiger partial charge in [0.05, 0.1) is 25.7 Å². The van der Waals surface area contributed by atoms with Crippen molar-refractivity contribution in [2.75, 3.05) is 7.11 Å². The molecule has 174 valence electrons. The van der Waals surface area contributed by atoms with Crippen LogP contribution in [0.4, 0.5) is 0 Å². The zero-order valence-electron chi connectivity index (χ0n) is 19.4. The lowest BCUT2D eigenvalue weighted by Gasteiger charge is -2.13. The maximum absolute atomic E-state index is 13.3. The number of Topliss-reactive ketones (excluding diaryl/α,β-unsaturated/α-hetero) is 1. The summed E-state index contributed by atoms with van der Waals surface area (Å²) < 4.78 is 9.13. The number of ether oxygens (including phenoxy) is 1. The Labute approximate surface area is 196 Å². The topological polar surface area (TPSA) is 88.1 Å². The number of carbonyl (C=O) groups excluding carboxylic acids is 1. The molecule has 0 N–H and O–H groups in total. The molecule has 4 rings (SSSR count). The summed E-state index contributed by atoms with van der Waals surface area (Å²) in [6.07, 6.45) is 2.91. The Hall–Kier alpha value is -4.20. The number of benzene rings is 2. The van der Waals surface area contributed by atoms with Gasteiger partial charge >= 0.3 is 5.69 Å². The van der Waals surface area contributed by atoms with Crippen molar-refractivity contribution in [2.24, 2.45) is 0 Å². The van der Waals surface area contributed by atoms with Crippen LogP contribution in [-0.2, 0) is 13.1 Å². The van der Waals surface area contributed by atoms with Gasteiger partial charge < -0.3 is 9.30 Å². The van der Waals surface area contributed by atoms with Gasteiger partial charge in [0.1, 0.15) is 5.75 Å². The monoisotopic (exact) mass is 458 g/mol. The van der Waals surface area contributed by atoms with Crippen LogP contribution in [0.15, 0.2) is 77.1 Å². The van der Waals surface area contributed by atoms with Crippen LogP contribution in [-0.4, -0.2) is 31.6 Å². The maximum atomic E-state index is 13.3. The van der Waals surface area contributed by atoms with Crippen LogP contribution in [0.3, 0.4) is 0 Å². The number of allylic oxidation sites excluding steroid dienone is 1. The zero-order chi connectivity index (χ0) is 24.4. The fraction of sp³-hybridized carbons (Fsp3) is 0.231. The molecule has 2 aromatic carbocycles. The van der Waals surface area contributed by atoms with Crippen molar-refractivity contribution in [1.82, 2.24) is 18.7 Å². The summed E-state index contributed by atoms with van der Waals surface area (Å²) in [6, 6.07) is 14.3. The normalized spacial score (nSPS) is 11.2. The minimum Gasteiger partial charge on any atom is -0.497 e. The molecule has 2 aromatic heterocycles. The van der Waals surface area contributed by atoms with Crippen LogP contribution in [0, 0.1) is 0 Å². The number of methoxy groups -OCH3 is 1. The molecule has 0 saturated heterocycles. The Bertz CT molecular complexity index is 1470. The van der Waals surface area contributed by atoms with E-state index in [0.29, 0.717) is 22.9 Å². The molecule has 4 aromatic rings. The van der Waals surface area contributed by atoms with Gasteiger partial charge in [0.2, 0.25) is 0 Å². The predicted molar refractivity (Wildman–Crippen MR) is 131 cm³/mol. The quantitative estimate of drug-likeness (QED) is 0.298. The van der Waals surface area contributed by atoms with E-state index in [2.05, 4.69) is 25.4 Å². The van der Waals surface area contributed by atoms with E-state index in [1.165, 1.54) is 21.5 Å². The lowest BCUT2D eigenvalue weighted by Crippen LogP contribution is -2.40. The molecule has 8 heteroatoms. The summed E-state index contributed by atoms with van der Waals surface area (Å²) >= 11 is 0. The van der Waals surface area contributed by atoms with Crippen molar-refractivity contribution in [1.29, 1.82) is 0 Å². The average molecular weight is 459 g/mol. The zero-order valence-corrected chi connectivity index (χ0v) is 19.4. The lowest BCUT2D eigenvalue weighted by atomic mass is 10.0. The first-order chi connectivity index (χ1) is 16.3. The van der Waals surface area contributed by atoms with Crippen molar-refractivity contribution in [3.63, 3.8) is 0 Å². The summed E-state index contributed by atoms with van der Waals surface area (Å²) in [6.45, 7) is 7.78. The molecule has 0 amide bonds. The number of aromatic nitrogens is 4. The molecule has 0 radical (unpaired) electrons. The van der Waals surface area contributed by atoms with Crippen LogP contribution in [0.2, 0.25) is 0 Å².